The molecule has 0 saturated carbocycles. The van der Waals surface area contributed by atoms with Gasteiger partial charge in [-0.3, -0.25) is 4.79 Å². The topological polar surface area (TPSA) is 44.4 Å². The van der Waals surface area contributed by atoms with E-state index >= 15 is 0 Å². The Labute approximate surface area is 121 Å². The number of amides is 1. The quantitative estimate of drug-likeness (QED) is 0.823. The summed E-state index contributed by atoms with van der Waals surface area (Å²) < 4.78 is 0. The summed E-state index contributed by atoms with van der Waals surface area (Å²) in [5, 5.41) is 6.39. The molecule has 110 valence electrons. The first-order valence-corrected chi connectivity index (χ1v) is 7.54. The Kier molecular flexibility index (Phi) is 5.56. The molecule has 2 N–H and O–H groups in total. The van der Waals surface area contributed by atoms with Crippen LogP contribution in [0.5, 0.6) is 0 Å². The third-order valence-electron chi connectivity index (χ3n) is 4.03. The maximum absolute atomic E-state index is 12.3. The fraction of sp³-hybridized carbons (Fsp3) is 0.562. The van der Waals surface area contributed by atoms with Gasteiger partial charge in [0.25, 0.3) is 0 Å². The number of rotatable bonds is 6. The van der Waals surface area contributed by atoms with Crippen molar-refractivity contribution in [3.05, 3.63) is 35.4 Å². The van der Waals surface area contributed by atoms with E-state index in [1.807, 2.05) is 12.1 Å². The molecular formula is C16H25N3O. The monoisotopic (exact) mass is 275 g/mol. The third-order valence-corrected chi connectivity index (χ3v) is 4.03. The van der Waals surface area contributed by atoms with E-state index in [1.165, 1.54) is 11.1 Å². The number of carbonyl (C=O) groups is 1. The fourth-order valence-electron chi connectivity index (χ4n) is 2.73. The molecule has 1 aliphatic heterocycles. The van der Waals surface area contributed by atoms with Crippen LogP contribution >= 0.6 is 0 Å². The second-order valence-electron chi connectivity index (χ2n) is 5.20. The molecule has 0 spiro atoms. The Morgan fingerprint density at radius 2 is 2.10 bits per heavy atom. The van der Waals surface area contributed by atoms with Gasteiger partial charge >= 0.3 is 0 Å². The number of nitrogens with one attached hydrogen (secondary N) is 2. The minimum atomic E-state index is -0.0587. The van der Waals surface area contributed by atoms with Gasteiger partial charge in [-0.2, -0.15) is 0 Å². The molecule has 20 heavy (non-hydrogen) atoms. The van der Waals surface area contributed by atoms with Crippen molar-refractivity contribution < 1.29 is 4.79 Å². The van der Waals surface area contributed by atoms with Crippen LogP contribution in [-0.4, -0.2) is 43.5 Å². The Hall–Kier alpha value is -1.39. The second-order valence-corrected chi connectivity index (χ2v) is 5.20. The first kappa shape index (κ1) is 15.0. The Balaban J connectivity index is 1.91. The Bertz CT molecular complexity index is 443. The average molecular weight is 275 g/mol. The second kappa shape index (κ2) is 7.41. The predicted octanol–water partition coefficient (Wildman–Crippen LogP) is 1.33. The van der Waals surface area contributed by atoms with Crippen molar-refractivity contribution in [1.29, 1.82) is 0 Å². The summed E-state index contributed by atoms with van der Waals surface area (Å²) in [6.07, 6.45) is 0. The largest absolute Gasteiger partial charge is 0.354 e. The molecule has 0 aromatic heterocycles. The molecule has 0 fully saturated rings. The van der Waals surface area contributed by atoms with E-state index in [0.29, 0.717) is 0 Å². The number of carbonyl (C=O) groups excluding carboxylic acids is 1. The maximum Gasteiger partial charge on any atom is 0.228 e. The lowest BCUT2D eigenvalue weighted by atomic mass is 9.90. The van der Waals surface area contributed by atoms with Gasteiger partial charge in [-0.05, 0) is 24.2 Å². The number of benzene rings is 1. The smallest absolute Gasteiger partial charge is 0.228 e. The summed E-state index contributed by atoms with van der Waals surface area (Å²) >= 11 is 0. The number of hydrogen-bond acceptors (Lipinski definition) is 3. The first-order valence-electron chi connectivity index (χ1n) is 7.54. The molecule has 1 amide bonds. The predicted molar refractivity (Wildman–Crippen MR) is 81.7 cm³/mol. The van der Waals surface area contributed by atoms with Gasteiger partial charge in [0.2, 0.25) is 5.91 Å². The third kappa shape index (κ3) is 3.58. The van der Waals surface area contributed by atoms with Gasteiger partial charge in [0.15, 0.2) is 0 Å². The zero-order valence-electron chi connectivity index (χ0n) is 12.5. The SMILES string of the molecule is CCN(CC)CCNC(=O)C1CNCc2ccccc21. The molecule has 2 rings (SSSR count). The van der Waals surface area contributed by atoms with Crippen molar-refractivity contribution in [2.24, 2.45) is 0 Å². The molecule has 4 heteroatoms. The number of fused-ring (bicyclic) bond motifs is 1. The van der Waals surface area contributed by atoms with Crippen molar-refractivity contribution in [2.45, 2.75) is 26.3 Å². The van der Waals surface area contributed by atoms with E-state index in [2.05, 4.69) is 41.5 Å². The lowest BCUT2D eigenvalue weighted by Crippen LogP contribution is -2.41. The summed E-state index contributed by atoms with van der Waals surface area (Å²) in [6, 6.07) is 8.21. The summed E-state index contributed by atoms with van der Waals surface area (Å²) in [5.74, 6) is 0.0773. The van der Waals surface area contributed by atoms with Crippen LogP contribution in [-0.2, 0) is 11.3 Å². The Morgan fingerprint density at radius 3 is 2.85 bits per heavy atom. The highest BCUT2D eigenvalue weighted by Crippen LogP contribution is 2.23. The summed E-state index contributed by atoms with van der Waals surface area (Å²) in [5.41, 5.74) is 2.41. The highest BCUT2D eigenvalue weighted by Gasteiger charge is 2.25. The van der Waals surface area contributed by atoms with E-state index < -0.39 is 0 Å². The molecule has 1 heterocycles. The van der Waals surface area contributed by atoms with E-state index in [0.717, 1.165) is 39.3 Å². The summed E-state index contributed by atoms with van der Waals surface area (Å²) in [7, 11) is 0. The van der Waals surface area contributed by atoms with Gasteiger partial charge in [0.05, 0.1) is 5.92 Å². The number of nitrogens with zero attached hydrogens (tertiary/aromatic N) is 1. The van der Waals surface area contributed by atoms with Crippen molar-refractivity contribution in [3.63, 3.8) is 0 Å². The van der Waals surface area contributed by atoms with Crippen molar-refractivity contribution in [2.75, 3.05) is 32.7 Å². The van der Waals surface area contributed by atoms with Crippen molar-refractivity contribution >= 4 is 5.91 Å². The molecule has 4 nitrogen and oxygen atoms in total. The van der Waals surface area contributed by atoms with E-state index in [1.54, 1.807) is 0 Å². The van der Waals surface area contributed by atoms with E-state index in [-0.39, 0.29) is 11.8 Å². The van der Waals surface area contributed by atoms with Gasteiger partial charge in [0.1, 0.15) is 0 Å². The number of hydrogen-bond donors (Lipinski definition) is 2. The van der Waals surface area contributed by atoms with Crippen LogP contribution in [0.3, 0.4) is 0 Å². The molecule has 1 atom stereocenters. The fourth-order valence-corrected chi connectivity index (χ4v) is 2.73. The zero-order valence-corrected chi connectivity index (χ0v) is 12.5. The molecule has 1 unspecified atom stereocenters. The van der Waals surface area contributed by atoms with Crippen LogP contribution in [0.1, 0.15) is 30.9 Å². The van der Waals surface area contributed by atoms with Gasteiger partial charge in [-0.1, -0.05) is 38.1 Å². The molecule has 0 radical (unpaired) electrons. The van der Waals surface area contributed by atoms with Gasteiger partial charge in [-0.15, -0.1) is 0 Å². The molecule has 1 aromatic rings. The van der Waals surface area contributed by atoms with E-state index in [4.69, 9.17) is 0 Å². The molecule has 1 aromatic carbocycles. The molecule has 0 aliphatic carbocycles. The average Bonchev–Trinajstić information content (AvgIpc) is 2.51. The number of likely N-dealkylation sites (N-methyl/N-ethyl adjacent to an activating group) is 1. The van der Waals surface area contributed by atoms with E-state index in [9.17, 15) is 4.79 Å². The van der Waals surface area contributed by atoms with Crippen molar-refractivity contribution in [1.82, 2.24) is 15.5 Å². The Morgan fingerprint density at radius 1 is 1.35 bits per heavy atom. The maximum atomic E-state index is 12.3. The normalized spacial score (nSPS) is 17.9. The first-order chi connectivity index (χ1) is 9.76. The zero-order chi connectivity index (χ0) is 14.4. The van der Waals surface area contributed by atoms with Gasteiger partial charge < -0.3 is 15.5 Å². The van der Waals surface area contributed by atoms with Crippen LogP contribution in [0.2, 0.25) is 0 Å². The van der Waals surface area contributed by atoms with Crippen LogP contribution in [0.25, 0.3) is 0 Å². The van der Waals surface area contributed by atoms with Crippen LogP contribution in [0.4, 0.5) is 0 Å². The summed E-state index contributed by atoms with van der Waals surface area (Å²) in [4.78, 5) is 14.7. The van der Waals surface area contributed by atoms with Gasteiger partial charge in [-0.25, -0.2) is 0 Å². The lowest BCUT2D eigenvalue weighted by molar-refractivity contribution is -0.122. The molecular weight excluding hydrogens is 250 g/mol. The molecule has 1 aliphatic rings. The van der Waals surface area contributed by atoms with Crippen LogP contribution in [0.15, 0.2) is 24.3 Å². The molecule has 0 bridgehead atoms. The van der Waals surface area contributed by atoms with Crippen LogP contribution < -0.4 is 10.6 Å². The van der Waals surface area contributed by atoms with Crippen LogP contribution in [0, 0.1) is 0 Å². The molecule has 0 saturated heterocycles. The standard InChI is InChI=1S/C16H25N3O/c1-3-19(4-2)10-9-18-16(20)15-12-17-11-13-7-5-6-8-14(13)15/h5-8,15,17H,3-4,9-12H2,1-2H3,(H,18,20). The highest BCUT2D eigenvalue weighted by atomic mass is 16.1. The minimum absolute atomic E-state index is 0.0587. The minimum Gasteiger partial charge on any atom is -0.354 e. The van der Waals surface area contributed by atoms with Crippen molar-refractivity contribution in [3.8, 4) is 0 Å². The summed E-state index contributed by atoms with van der Waals surface area (Å²) in [6.45, 7) is 9.58. The van der Waals surface area contributed by atoms with Gasteiger partial charge in [0, 0.05) is 26.2 Å². The lowest BCUT2D eigenvalue weighted by Gasteiger charge is -2.26. The highest BCUT2D eigenvalue weighted by molar-refractivity contribution is 5.84.